The molecule has 2 unspecified atom stereocenters. The van der Waals surface area contributed by atoms with Crippen LogP contribution in [0.1, 0.15) is 57.2 Å². The van der Waals surface area contributed by atoms with E-state index in [0.717, 1.165) is 13.0 Å². The number of halogens is 3. The molecular weight excluding hydrogens is 311 g/mol. The average molecular weight is 333 g/mol. The smallest absolute Gasteiger partial charge is 0.405 e. The fraction of sp³-hybridized carbons (Fsp3) is 0.562. The molecule has 0 saturated carbocycles. The Morgan fingerprint density at radius 3 is 2.52 bits per heavy atom. The lowest BCUT2D eigenvalue weighted by Crippen LogP contribution is -2.44. The van der Waals surface area contributed by atoms with E-state index in [9.17, 15) is 23.1 Å². The van der Waals surface area contributed by atoms with Gasteiger partial charge in [-0.3, -0.25) is 0 Å². The molecule has 23 heavy (non-hydrogen) atoms. The Kier molecular flexibility index (Phi) is 6.04. The van der Waals surface area contributed by atoms with Gasteiger partial charge in [-0.2, -0.15) is 8.78 Å². The summed E-state index contributed by atoms with van der Waals surface area (Å²) < 4.78 is 43.7. The Labute approximate surface area is 133 Å². The van der Waals surface area contributed by atoms with E-state index >= 15 is 0 Å². The van der Waals surface area contributed by atoms with E-state index in [1.54, 1.807) is 6.92 Å². The van der Waals surface area contributed by atoms with E-state index in [4.69, 9.17) is 5.11 Å². The molecule has 130 valence electrons. The average Bonchev–Trinajstić information content (AvgIpc) is 2.44. The number of alkyl halides is 2. The van der Waals surface area contributed by atoms with Gasteiger partial charge in [0.25, 0.3) is 0 Å². The van der Waals surface area contributed by atoms with Crippen LogP contribution in [0.2, 0.25) is 0 Å². The summed E-state index contributed by atoms with van der Waals surface area (Å²) in [7, 11) is 0. The van der Waals surface area contributed by atoms with Gasteiger partial charge in [0, 0.05) is 5.56 Å². The lowest BCUT2D eigenvalue weighted by Gasteiger charge is -2.33. The molecule has 0 aliphatic heterocycles. The summed E-state index contributed by atoms with van der Waals surface area (Å²) in [6.07, 6.45) is -0.567. The number of amides is 1. The van der Waals surface area contributed by atoms with Crippen molar-refractivity contribution in [1.82, 2.24) is 5.32 Å². The number of aliphatic hydroxyl groups is 1. The molecule has 3 N–H and O–H groups in total. The van der Waals surface area contributed by atoms with Crippen LogP contribution in [-0.4, -0.2) is 21.9 Å². The van der Waals surface area contributed by atoms with E-state index in [1.165, 1.54) is 19.1 Å². The Bertz CT molecular complexity index is 562. The highest BCUT2D eigenvalue weighted by molar-refractivity contribution is 5.65. The quantitative estimate of drug-likeness (QED) is 0.701. The number of carboxylic acid groups (broad SMARTS) is 1. The molecule has 0 fully saturated rings. The largest absolute Gasteiger partial charge is 0.465 e. The van der Waals surface area contributed by atoms with Crippen LogP contribution >= 0.6 is 0 Å². The highest BCUT2D eigenvalue weighted by Gasteiger charge is 2.51. The van der Waals surface area contributed by atoms with Gasteiger partial charge in [-0.05, 0) is 26.3 Å². The molecular formula is C16H22F3NO3. The molecule has 4 nitrogen and oxygen atoms in total. The number of hydrogen-bond donors (Lipinski definition) is 3. The predicted molar refractivity (Wildman–Crippen MR) is 80.0 cm³/mol. The highest BCUT2D eigenvalue weighted by atomic mass is 19.3. The number of benzene rings is 1. The van der Waals surface area contributed by atoms with Crippen molar-refractivity contribution >= 4 is 6.09 Å². The molecule has 0 saturated heterocycles. The molecule has 1 amide bonds. The van der Waals surface area contributed by atoms with Gasteiger partial charge >= 0.3 is 12.0 Å². The van der Waals surface area contributed by atoms with Crippen molar-refractivity contribution in [3.8, 4) is 0 Å². The van der Waals surface area contributed by atoms with Crippen molar-refractivity contribution in [2.45, 2.75) is 57.6 Å². The Balaban J connectivity index is 3.24. The first-order valence-electron chi connectivity index (χ1n) is 7.43. The molecule has 7 heteroatoms. The van der Waals surface area contributed by atoms with Gasteiger partial charge in [0.15, 0.2) is 0 Å². The summed E-state index contributed by atoms with van der Waals surface area (Å²) in [5, 5.41) is 20.8. The van der Waals surface area contributed by atoms with Crippen LogP contribution in [0.15, 0.2) is 18.2 Å². The summed E-state index contributed by atoms with van der Waals surface area (Å²) in [5.74, 6) is -5.01. The first-order valence-corrected chi connectivity index (χ1v) is 7.43. The molecule has 0 radical (unpaired) electrons. The van der Waals surface area contributed by atoms with Crippen molar-refractivity contribution < 1.29 is 28.2 Å². The predicted octanol–water partition coefficient (Wildman–Crippen LogP) is 4.19. The van der Waals surface area contributed by atoms with Crippen molar-refractivity contribution in [2.75, 3.05) is 0 Å². The van der Waals surface area contributed by atoms with Gasteiger partial charge in [-0.25, -0.2) is 9.18 Å². The molecule has 1 aromatic carbocycles. The van der Waals surface area contributed by atoms with Gasteiger partial charge in [0.2, 0.25) is 0 Å². The first kappa shape index (κ1) is 19.3. The molecule has 2 atom stereocenters. The number of nitrogens with one attached hydrogen (secondary N) is 1. The highest BCUT2D eigenvalue weighted by Crippen LogP contribution is 2.43. The Hall–Kier alpha value is -1.76. The maximum atomic E-state index is 14.6. The van der Waals surface area contributed by atoms with E-state index in [-0.39, 0.29) is 12.0 Å². The number of hydrogen-bond acceptors (Lipinski definition) is 2. The van der Waals surface area contributed by atoms with E-state index in [2.05, 4.69) is 0 Å². The van der Waals surface area contributed by atoms with Crippen LogP contribution in [0.4, 0.5) is 18.0 Å². The molecule has 0 aromatic heterocycles. The minimum absolute atomic E-state index is 0.177. The molecule has 0 aliphatic rings. The second-order valence-electron chi connectivity index (χ2n) is 5.83. The molecule has 0 aliphatic carbocycles. The number of rotatable bonds is 7. The fourth-order valence-corrected chi connectivity index (χ4v) is 2.36. The summed E-state index contributed by atoms with van der Waals surface area (Å²) in [6, 6.07) is 2.37. The SMILES string of the molecule is CCCCC(C)(O)C(F)(F)c1cccc(C(C)NC(=O)O)c1F. The maximum absolute atomic E-state index is 14.6. The molecule has 1 aromatic rings. The van der Waals surface area contributed by atoms with Crippen LogP contribution in [-0.2, 0) is 5.92 Å². The van der Waals surface area contributed by atoms with Crippen LogP contribution in [0, 0.1) is 5.82 Å². The maximum Gasteiger partial charge on any atom is 0.405 e. The minimum Gasteiger partial charge on any atom is -0.465 e. The van der Waals surface area contributed by atoms with Gasteiger partial charge < -0.3 is 15.5 Å². The Morgan fingerprint density at radius 1 is 1.39 bits per heavy atom. The molecule has 0 heterocycles. The van der Waals surface area contributed by atoms with Crippen molar-refractivity contribution in [3.05, 3.63) is 35.1 Å². The third-order valence-electron chi connectivity index (χ3n) is 3.87. The van der Waals surface area contributed by atoms with E-state index in [1.807, 2.05) is 5.32 Å². The molecule has 1 rings (SSSR count). The zero-order valence-corrected chi connectivity index (χ0v) is 13.4. The molecule has 0 bridgehead atoms. The molecule has 0 spiro atoms. The van der Waals surface area contributed by atoms with Gasteiger partial charge in [0.1, 0.15) is 11.4 Å². The van der Waals surface area contributed by atoms with Crippen molar-refractivity contribution in [1.29, 1.82) is 0 Å². The normalized spacial score (nSPS) is 15.8. The summed E-state index contributed by atoms with van der Waals surface area (Å²) in [5.41, 5.74) is -3.53. The van der Waals surface area contributed by atoms with Crippen molar-refractivity contribution in [2.24, 2.45) is 0 Å². The fourth-order valence-electron chi connectivity index (χ4n) is 2.36. The van der Waals surface area contributed by atoms with Crippen molar-refractivity contribution in [3.63, 3.8) is 0 Å². The van der Waals surface area contributed by atoms with Gasteiger partial charge in [-0.15, -0.1) is 0 Å². The number of unbranched alkanes of at least 4 members (excludes halogenated alkanes) is 1. The standard InChI is InChI=1S/C16H22F3NO3/c1-4-5-9-15(3,23)16(18,19)12-8-6-7-11(13(12)17)10(2)20-14(21)22/h6-8,10,20,23H,4-5,9H2,1-3H3,(H,21,22). The lowest BCUT2D eigenvalue weighted by molar-refractivity contribution is -0.184. The summed E-state index contributed by atoms with van der Waals surface area (Å²) in [4.78, 5) is 10.6. The summed E-state index contributed by atoms with van der Waals surface area (Å²) in [6.45, 7) is 4.13. The third-order valence-corrected chi connectivity index (χ3v) is 3.87. The lowest BCUT2D eigenvalue weighted by atomic mass is 9.86. The first-order chi connectivity index (χ1) is 10.5. The van der Waals surface area contributed by atoms with Crippen LogP contribution < -0.4 is 5.32 Å². The van der Waals surface area contributed by atoms with Gasteiger partial charge in [-0.1, -0.05) is 31.9 Å². The topological polar surface area (TPSA) is 69.6 Å². The van der Waals surface area contributed by atoms with Crippen LogP contribution in [0.5, 0.6) is 0 Å². The summed E-state index contributed by atoms with van der Waals surface area (Å²) >= 11 is 0. The van der Waals surface area contributed by atoms with Crippen LogP contribution in [0.25, 0.3) is 0 Å². The van der Waals surface area contributed by atoms with Gasteiger partial charge in [0.05, 0.1) is 11.6 Å². The third kappa shape index (κ3) is 4.16. The van der Waals surface area contributed by atoms with Crippen LogP contribution in [0.3, 0.4) is 0 Å². The second kappa shape index (κ2) is 7.21. The Morgan fingerprint density at radius 2 is 2.00 bits per heavy atom. The zero-order valence-electron chi connectivity index (χ0n) is 13.4. The van der Waals surface area contributed by atoms with E-state index < -0.39 is 35.0 Å². The minimum atomic E-state index is -3.80. The zero-order chi connectivity index (χ0) is 17.8. The number of carbonyl (C=O) groups is 1. The second-order valence-corrected chi connectivity index (χ2v) is 5.83. The monoisotopic (exact) mass is 333 g/mol. The van der Waals surface area contributed by atoms with E-state index in [0.29, 0.717) is 12.8 Å².